The fraction of sp³-hybridized carbons (Fsp3) is 0.714. The van der Waals surface area contributed by atoms with Crippen molar-refractivity contribution in [3.8, 4) is 0 Å². The van der Waals surface area contributed by atoms with E-state index in [-0.39, 0.29) is 6.61 Å². The number of aryl methyl sites for hydroxylation is 1. The van der Waals surface area contributed by atoms with Crippen molar-refractivity contribution in [3.63, 3.8) is 0 Å². The van der Waals surface area contributed by atoms with Crippen LogP contribution in [0, 0.1) is 13.8 Å². The van der Waals surface area contributed by atoms with Gasteiger partial charge in [0.05, 0.1) is 5.69 Å². The number of aliphatic hydroxyl groups is 1. The molecule has 1 atom stereocenters. The summed E-state index contributed by atoms with van der Waals surface area (Å²) in [6.45, 7) is 5.81. The van der Waals surface area contributed by atoms with Gasteiger partial charge in [-0.1, -0.05) is 0 Å². The maximum absolute atomic E-state index is 9.00. The molecule has 1 aromatic heterocycles. The molecule has 1 aliphatic heterocycles. The number of aliphatic hydroxyl groups excluding tert-OH is 1. The van der Waals surface area contributed by atoms with Gasteiger partial charge in [0.1, 0.15) is 0 Å². The maximum atomic E-state index is 9.00. The Morgan fingerprint density at radius 2 is 2.16 bits per heavy atom. The monoisotopic (exact) mass is 264 g/mol. The van der Waals surface area contributed by atoms with Crippen LogP contribution in [0.2, 0.25) is 0 Å². The van der Waals surface area contributed by atoms with E-state index in [0.29, 0.717) is 12.6 Å². The molecule has 0 aromatic carbocycles. The number of anilines is 1. The van der Waals surface area contributed by atoms with Gasteiger partial charge < -0.3 is 15.7 Å². The molecule has 1 saturated heterocycles. The van der Waals surface area contributed by atoms with E-state index in [9.17, 15) is 0 Å². The Morgan fingerprint density at radius 1 is 1.37 bits per heavy atom. The van der Waals surface area contributed by atoms with Crippen LogP contribution in [-0.4, -0.2) is 34.5 Å². The standard InChI is InChI=1S/C14H24N4O/c1-10-11(2)16-17-14(13(10)9-15)18-7-3-5-12(18)6-4-8-19/h12,19H,3-9,15H2,1-2H3. The van der Waals surface area contributed by atoms with Gasteiger partial charge in [-0.05, 0) is 45.1 Å². The summed E-state index contributed by atoms with van der Waals surface area (Å²) >= 11 is 0. The summed E-state index contributed by atoms with van der Waals surface area (Å²) in [6, 6.07) is 0.467. The second-order valence-electron chi connectivity index (χ2n) is 5.27. The highest BCUT2D eigenvalue weighted by molar-refractivity contribution is 5.52. The maximum Gasteiger partial charge on any atom is 0.156 e. The Labute approximate surface area is 114 Å². The van der Waals surface area contributed by atoms with Gasteiger partial charge in [-0.3, -0.25) is 0 Å². The molecule has 5 heteroatoms. The molecule has 0 amide bonds. The van der Waals surface area contributed by atoms with Crippen LogP contribution in [-0.2, 0) is 6.54 Å². The van der Waals surface area contributed by atoms with Gasteiger partial charge in [-0.2, -0.15) is 5.10 Å². The first-order valence-corrected chi connectivity index (χ1v) is 7.09. The van der Waals surface area contributed by atoms with Crippen LogP contribution in [0.15, 0.2) is 0 Å². The molecule has 0 spiro atoms. The topological polar surface area (TPSA) is 75.3 Å². The largest absolute Gasteiger partial charge is 0.396 e. The van der Waals surface area contributed by atoms with Crippen molar-refractivity contribution in [2.24, 2.45) is 5.73 Å². The Kier molecular flexibility index (Phi) is 4.71. The second kappa shape index (κ2) is 6.30. The Bertz CT molecular complexity index is 436. The zero-order valence-electron chi connectivity index (χ0n) is 11.9. The van der Waals surface area contributed by atoms with E-state index in [1.54, 1.807) is 0 Å². The molecular weight excluding hydrogens is 240 g/mol. The first kappa shape index (κ1) is 14.2. The number of nitrogens with two attached hydrogens (primary N) is 1. The molecule has 0 bridgehead atoms. The summed E-state index contributed by atoms with van der Waals surface area (Å²) in [5.41, 5.74) is 9.12. The average molecular weight is 264 g/mol. The van der Waals surface area contributed by atoms with Crippen molar-refractivity contribution in [2.45, 2.75) is 52.1 Å². The minimum absolute atomic E-state index is 0.257. The Hall–Kier alpha value is -1.20. The number of hydrogen-bond donors (Lipinski definition) is 2. The lowest BCUT2D eigenvalue weighted by atomic mass is 10.1. The highest BCUT2D eigenvalue weighted by atomic mass is 16.2. The molecule has 0 radical (unpaired) electrons. The van der Waals surface area contributed by atoms with Gasteiger partial charge in [0.2, 0.25) is 0 Å². The van der Waals surface area contributed by atoms with E-state index < -0.39 is 0 Å². The third-order valence-corrected chi connectivity index (χ3v) is 4.11. The number of nitrogens with zero attached hydrogens (tertiary/aromatic N) is 3. The second-order valence-corrected chi connectivity index (χ2v) is 5.27. The molecule has 106 valence electrons. The lowest BCUT2D eigenvalue weighted by Gasteiger charge is -2.27. The third kappa shape index (κ3) is 2.87. The Morgan fingerprint density at radius 3 is 2.84 bits per heavy atom. The molecule has 0 aliphatic carbocycles. The smallest absolute Gasteiger partial charge is 0.156 e. The first-order chi connectivity index (χ1) is 9.19. The van der Waals surface area contributed by atoms with Crippen molar-refractivity contribution < 1.29 is 5.11 Å². The summed E-state index contributed by atoms with van der Waals surface area (Å²) in [7, 11) is 0. The van der Waals surface area contributed by atoms with Gasteiger partial charge in [-0.25, -0.2) is 0 Å². The van der Waals surface area contributed by atoms with Crippen LogP contribution >= 0.6 is 0 Å². The highest BCUT2D eigenvalue weighted by Crippen LogP contribution is 2.30. The van der Waals surface area contributed by atoms with Crippen molar-refractivity contribution >= 4 is 5.82 Å². The zero-order chi connectivity index (χ0) is 13.8. The van der Waals surface area contributed by atoms with Crippen LogP contribution in [0.3, 0.4) is 0 Å². The van der Waals surface area contributed by atoms with E-state index >= 15 is 0 Å². The zero-order valence-corrected chi connectivity index (χ0v) is 11.9. The summed E-state index contributed by atoms with van der Waals surface area (Å²) in [6.07, 6.45) is 4.19. The fourth-order valence-corrected chi connectivity index (χ4v) is 2.86. The summed E-state index contributed by atoms with van der Waals surface area (Å²) in [5.74, 6) is 0.950. The van der Waals surface area contributed by atoms with Crippen molar-refractivity contribution in [3.05, 3.63) is 16.8 Å². The summed E-state index contributed by atoms with van der Waals surface area (Å²) < 4.78 is 0. The minimum Gasteiger partial charge on any atom is -0.396 e. The molecule has 5 nitrogen and oxygen atoms in total. The highest BCUT2D eigenvalue weighted by Gasteiger charge is 2.27. The molecule has 0 saturated carbocycles. The van der Waals surface area contributed by atoms with E-state index in [1.807, 2.05) is 6.92 Å². The fourth-order valence-electron chi connectivity index (χ4n) is 2.86. The SMILES string of the molecule is Cc1nnc(N2CCCC2CCCO)c(CN)c1C. The van der Waals surface area contributed by atoms with Gasteiger partial charge in [0.15, 0.2) is 5.82 Å². The predicted molar refractivity (Wildman–Crippen MR) is 76.1 cm³/mol. The summed E-state index contributed by atoms with van der Waals surface area (Å²) in [5, 5.41) is 17.6. The van der Waals surface area contributed by atoms with Crippen LogP contribution in [0.4, 0.5) is 5.82 Å². The van der Waals surface area contributed by atoms with E-state index in [0.717, 1.165) is 42.0 Å². The quantitative estimate of drug-likeness (QED) is 0.838. The van der Waals surface area contributed by atoms with E-state index in [2.05, 4.69) is 22.0 Å². The van der Waals surface area contributed by atoms with Crippen molar-refractivity contribution in [1.82, 2.24) is 10.2 Å². The number of rotatable bonds is 5. The normalized spacial score (nSPS) is 19.2. The van der Waals surface area contributed by atoms with Gasteiger partial charge in [-0.15, -0.1) is 5.10 Å². The summed E-state index contributed by atoms with van der Waals surface area (Å²) in [4.78, 5) is 2.33. The van der Waals surface area contributed by atoms with Gasteiger partial charge in [0, 0.05) is 31.3 Å². The molecule has 1 unspecified atom stereocenters. The Balaban J connectivity index is 2.27. The molecule has 1 fully saturated rings. The number of hydrogen-bond acceptors (Lipinski definition) is 5. The number of aromatic nitrogens is 2. The molecule has 19 heavy (non-hydrogen) atoms. The molecule has 2 rings (SSSR count). The van der Waals surface area contributed by atoms with Crippen LogP contribution in [0.5, 0.6) is 0 Å². The van der Waals surface area contributed by atoms with Crippen LogP contribution in [0.1, 0.15) is 42.5 Å². The molecule has 1 aromatic rings. The van der Waals surface area contributed by atoms with E-state index in [4.69, 9.17) is 10.8 Å². The van der Waals surface area contributed by atoms with Crippen LogP contribution < -0.4 is 10.6 Å². The van der Waals surface area contributed by atoms with Gasteiger partial charge >= 0.3 is 0 Å². The lowest BCUT2D eigenvalue weighted by Crippen LogP contribution is -2.32. The predicted octanol–water partition coefficient (Wildman–Crippen LogP) is 1.29. The molecule has 1 aliphatic rings. The third-order valence-electron chi connectivity index (χ3n) is 4.11. The van der Waals surface area contributed by atoms with Crippen molar-refractivity contribution in [1.29, 1.82) is 0 Å². The van der Waals surface area contributed by atoms with Crippen LogP contribution in [0.25, 0.3) is 0 Å². The lowest BCUT2D eigenvalue weighted by molar-refractivity contribution is 0.279. The van der Waals surface area contributed by atoms with E-state index in [1.165, 1.54) is 12.8 Å². The van der Waals surface area contributed by atoms with Gasteiger partial charge in [0.25, 0.3) is 0 Å². The molecule has 3 N–H and O–H groups in total. The molecular formula is C14H24N4O. The average Bonchev–Trinajstić information content (AvgIpc) is 2.87. The minimum atomic E-state index is 0.257. The first-order valence-electron chi connectivity index (χ1n) is 7.09. The van der Waals surface area contributed by atoms with Crippen molar-refractivity contribution in [2.75, 3.05) is 18.1 Å². The molecule has 2 heterocycles.